The molecule has 0 unspecified atom stereocenters. The van der Waals surface area contributed by atoms with Gasteiger partial charge in [0.1, 0.15) is 0 Å². The van der Waals surface area contributed by atoms with Gasteiger partial charge in [0, 0.05) is 6.42 Å². The molecule has 0 atom stereocenters. The van der Waals surface area contributed by atoms with Crippen LogP contribution in [0.15, 0.2) is 0 Å². The summed E-state index contributed by atoms with van der Waals surface area (Å²) in [5, 5.41) is 7.72. The molecule has 0 rings (SSSR count). The average molecular weight is 223 g/mol. The Bertz CT molecular complexity index is 180. The second-order valence-corrected chi connectivity index (χ2v) is 2.15. The molecule has 0 aromatic heterocycles. The van der Waals surface area contributed by atoms with E-state index in [4.69, 9.17) is 5.11 Å². The molecule has 0 amide bonds. The monoisotopic (exact) mass is 223 g/mol. The van der Waals surface area contributed by atoms with Crippen molar-refractivity contribution in [3.05, 3.63) is 0 Å². The number of halogens is 5. The van der Waals surface area contributed by atoms with Crippen LogP contribution < -0.4 is 5.73 Å². The second kappa shape index (κ2) is 5.74. The third kappa shape index (κ3) is 6.58. The predicted octanol–water partition coefficient (Wildman–Crippen LogP) is 1.62. The van der Waals surface area contributed by atoms with Gasteiger partial charge in [0.25, 0.3) is 0 Å². The summed E-state index contributed by atoms with van der Waals surface area (Å²) in [5.41, 5.74) is 4.12. The summed E-state index contributed by atoms with van der Waals surface area (Å²) in [7, 11) is 0. The Balaban J connectivity index is 0. The summed E-state index contributed by atoms with van der Waals surface area (Å²) in [6, 6.07) is 0. The number of aliphatic carboxylic acids is 1. The van der Waals surface area contributed by atoms with Gasteiger partial charge in [0.15, 0.2) is 0 Å². The lowest BCUT2D eigenvalue weighted by Crippen LogP contribution is -2.42. The molecular formula is C6H10F5NO2. The Kier molecular flexibility index (Phi) is 6.37. The van der Waals surface area contributed by atoms with E-state index in [0.717, 1.165) is 0 Å². The Morgan fingerprint density at radius 1 is 1.29 bits per heavy atom. The molecule has 0 radical (unpaired) electrons. The Labute approximate surface area is 76.7 Å². The summed E-state index contributed by atoms with van der Waals surface area (Å²) in [4.78, 5) is 9.37. The van der Waals surface area contributed by atoms with E-state index in [2.05, 4.69) is 5.73 Å². The van der Waals surface area contributed by atoms with Crippen molar-refractivity contribution in [2.45, 2.75) is 25.4 Å². The topological polar surface area (TPSA) is 63.3 Å². The molecule has 3 nitrogen and oxygen atoms in total. The zero-order valence-corrected chi connectivity index (χ0v) is 7.24. The van der Waals surface area contributed by atoms with Crippen molar-refractivity contribution in [3.63, 3.8) is 0 Å². The number of carboxylic acid groups (broad SMARTS) is 1. The Morgan fingerprint density at radius 3 is 1.57 bits per heavy atom. The van der Waals surface area contributed by atoms with E-state index in [1.807, 2.05) is 0 Å². The molecule has 0 aliphatic carbocycles. The predicted molar refractivity (Wildman–Crippen MR) is 38.0 cm³/mol. The van der Waals surface area contributed by atoms with Crippen molar-refractivity contribution in [2.75, 3.05) is 6.54 Å². The van der Waals surface area contributed by atoms with Gasteiger partial charge in [-0.2, -0.15) is 22.0 Å². The summed E-state index contributed by atoms with van der Waals surface area (Å²) in [6.07, 6.45) is -5.29. The van der Waals surface area contributed by atoms with Crippen LogP contribution >= 0.6 is 0 Å². The van der Waals surface area contributed by atoms with Gasteiger partial charge in [0.2, 0.25) is 0 Å². The van der Waals surface area contributed by atoms with Crippen LogP contribution in [0.2, 0.25) is 0 Å². The van der Waals surface area contributed by atoms with Crippen LogP contribution in [0, 0.1) is 0 Å². The largest absolute Gasteiger partial charge is 0.481 e. The van der Waals surface area contributed by atoms with Gasteiger partial charge in [-0.25, -0.2) is 0 Å². The first kappa shape index (κ1) is 15.5. The molecule has 0 fully saturated rings. The van der Waals surface area contributed by atoms with Crippen LogP contribution in [0.3, 0.4) is 0 Å². The first-order chi connectivity index (χ1) is 6.08. The van der Waals surface area contributed by atoms with Crippen molar-refractivity contribution in [1.29, 1.82) is 0 Å². The average Bonchev–Trinajstić information content (AvgIpc) is 2.03. The summed E-state index contributed by atoms with van der Waals surface area (Å²) < 4.78 is 55.8. The highest BCUT2D eigenvalue weighted by Crippen LogP contribution is 2.33. The van der Waals surface area contributed by atoms with Crippen molar-refractivity contribution in [2.24, 2.45) is 5.73 Å². The second-order valence-electron chi connectivity index (χ2n) is 2.15. The van der Waals surface area contributed by atoms with Gasteiger partial charge in [-0.1, -0.05) is 6.92 Å². The zero-order chi connectivity index (χ0) is 12.0. The summed E-state index contributed by atoms with van der Waals surface area (Å²) in [6.45, 7) is -0.0984. The van der Waals surface area contributed by atoms with Gasteiger partial charge >= 0.3 is 18.1 Å². The van der Waals surface area contributed by atoms with Gasteiger partial charge in [-0.05, 0) is 0 Å². The van der Waals surface area contributed by atoms with E-state index in [9.17, 15) is 26.7 Å². The number of carboxylic acids is 1. The standard InChI is InChI=1S/C3H4F5N.C3H6O2/c4-2(5,1-9)3(6,7)8;1-2-3(4)5/h1,9H2;2H2,1H3,(H,4,5). The van der Waals surface area contributed by atoms with Crippen LogP contribution in [0.5, 0.6) is 0 Å². The fourth-order valence-corrected chi connectivity index (χ4v) is 0.116. The molecule has 0 aliphatic heterocycles. The van der Waals surface area contributed by atoms with Crippen LogP contribution in [0.1, 0.15) is 13.3 Å². The lowest BCUT2D eigenvalue weighted by molar-refractivity contribution is -0.276. The van der Waals surface area contributed by atoms with Crippen LogP contribution in [-0.4, -0.2) is 29.7 Å². The van der Waals surface area contributed by atoms with E-state index < -0.39 is 24.6 Å². The van der Waals surface area contributed by atoms with Crippen molar-refractivity contribution in [3.8, 4) is 0 Å². The molecule has 0 aliphatic rings. The summed E-state index contributed by atoms with van der Waals surface area (Å²) >= 11 is 0. The molecule has 8 heteroatoms. The number of rotatable bonds is 2. The van der Waals surface area contributed by atoms with E-state index in [-0.39, 0.29) is 6.42 Å². The van der Waals surface area contributed by atoms with E-state index in [0.29, 0.717) is 0 Å². The third-order valence-electron chi connectivity index (χ3n) is 0.974. The van der Waals surface area contributed by atoms with E-state index in [1.165, 1.54) is 0 Å². The number of carbonyl (C=O) groups is 1. The smallest absolute Gasteiger partial charge is 0.454 e. The molecule has 0 spiro atoms. The minimum Gasteiger partial charge on any atom is -0.481 e. The first-order valence-corrected chi connectivity index (χ1v) is 3.45. The molecule has 0 saturated carbocycles. The minimum atomic E-state index is -5.51. The van der Waals surface area contributed by atoms with E-state index in [1.54, 1.807) is 6.92 Å². The zero-order valence-electron chi connectivity index (χ0n) is 7.24. The molecule has 0 saturated heterocycles. The quantitative estimate of drug-likeness (QED) is 0.699. The molecule has 0 aromatic carbocycles. The Morgan fingerprint density at radius 2 is 1.57 bits per heavy atom. The molecule has 0 heterocycles. The molecular weight excluding hydrogens is 213 g/mol. The molecule has 14 heavy (non-hydrogen) atoms. The maximum atomic E-state index is 11.4. The third-order valence-corrected chi connectivity index (χ3v) is 0.974. The molecule has 3 N–H and O–H groups in total. The first-order valence-electron chi connectivity index (χ1n) is 3.45. The lowest BCUT2D eigenvalue weighted by atomic mass is 10.3. The molecule has 0 bridgehead atoms. The minimum absolute atomic E-state index is 0.222. The normalized spacial score (nSPS) is 11.6. The number of hydrogen-bond donors (Lipinski definition) is 2. The van der Waals surface area contributed by atoms with Crippen LogP contribution in [0.25, 0.3) is 0 Å². The highest BCUT2D eigenvalue weighted by molar-refractivity contribution is 5.66. The van der Waals surface area contributed by atoms with Crippen LogP contribution in [-0.2, 0) is 4.79 Å². The van der Waals surface area contributed by atoms with E-state index >= 15 is 0 Å². The fourth-order valence-electron chi connectivity index (χ4n) is 0.116. The highest BCUT2D eigenvalue weighted by Gasteiger charge is 2.56. The highest BCUT2D eigenvalue weighted by atomic mass is 19.4. The van der Waals surface area contributed by atoms with Gasteiger partial charge in [0.05, 0.1) is 6.54 Å². The number of hydrogen-bond acceptors (Lipinski definition) is 2. The Hall–Kier alpha value is -0.920. The van der Waals surface area contributed by atoms with Crippen molar-refractivity contribution < 1.29 is 31.9 Å². The summed E-state index contributed by atoms with van der Waals surface area (Å²) in [5.74, 6) is -5.49. The van der Waals surface area contributed by atoms with Gasteiger partial charge in [-0.15, -0.1) is 0 Å². The molecule has 86 valence electrons. The lowest BCUT2D eigenvalue weighted by Gasteiger charge is -2.16. The SMILES string of the molecule is CCC(=O)O.NCC(F)(F)C(F)(F)F. The number of nitrogens with two attached hydrogens (primary N) is 1. The molecule has 0 aromatic rings. The number of alkyl halides is 5. The van der Waals surface area contributed by atoms with Crippen molar-refractivity contribution in [1.82, 2.24) is 0 Å². The maximum Gasteiger partial charge on any atom is 0.454 e. The van der Waals surface area contributed by atoms with Gasteiger partial charge < -0.3 is 10.8 Å². The van der Waals surface area contributed by atoms with Crippen molar-refractivity contribution >= 4 is 5.97 Å². The maximum absolute atomic E-state index is 11.4. The van der Waals surface area contributed by atoms with Crippen LogP contribution in [0.4, 0.5) is 22.0 Å². The van der Waals surface area contributed by atoms with Gasteiger partial charge in [-0.3, -0.25) is 4.79 Å². The fraction of sp³-hybridized carbons (Fsp3) is 0.833.